The average Bonchev–Trinajstić information content (AvgIpc) is 2.32. The Morgan fingerprint density at radius 1 is 1.61 bits per heavy atom. The first-order chi connectivity index (χ1) is 8.49. The van der Waals surface area contributed by atoms with Crippen molar-refractivity contribution < 1.29 is 9.31 Å². The quantitative estimate of drug-likeness (QED) is 0.628. The average molecular weight is 337 g/mol. The number of nitro benzene ring substituents is 1. The molecule has 1 unspecified atom stereocenters. The van der Waals surface area contributed by atoms with Crippen LogP contribution in [0, 0.1) is 15.9 Å². The fourth-order valence-electron chi connectivity index (χ4n) is 1.49. The number of hydrogen-bond acceptors (Lipinski definition) is 4. The molecule has 0 radical (unpaired) electrons. The van der Waals surface area contributed by atoms with Gasteiger partial charge in [-0.1, -0.05) is 6.92 Å². The standard InChI is InChI=1S/C11H14BrFN2O2S/c1-3-7(6-18-2)14-10-5-9(13)8(12)4-11(10)15(16)17/h4-5,7,14H,3,6H2,1-2H3. The largest absolute Gasteiger partial charge is 0.376 e. The zero-order valence-electron chi connectivity index (χ0n) is 10.1. The molecule has 1 N–H and O–H groups in total. The molecule has 0 heterocycles. The maximum Gasteiger partial charge on any atom is 0.293 e. The number of nitro groups is 1. The van der Waals surface area contributed by atoms with Crippen LogP contribution in [0.3, 0.4) is 0 Å². The number of benzene rings is 1. The van der Waals surface area contributed by atoms with E-state index in [0.29, 0.717) is 0 Å². The molecule has 7 heteroatoms. The van der Waals surface area contributed by atoms with Crippen molar-refractivity contribution in [3.8, 4) is 0 Å². The SMILES string of the molecule is CCC(CSC)Nc1cc(F)c(Br)cc1[N+](=O)[O-]. The Morgan fingerprint density at radius 2 is 2.28 bits per heavy atom. The second kappa shape index (κ2) is 6.94. The van der Waals surface area contributed by atoms with Crippen LogP contribution in [0.25, 0.3) is 0 Å². The van der Waals surface area contributed by atoms with Crippen molar-refractivity contribution in [3.05, 3.63) is 32.5 Å². The van der Waals surface area contributed by atoms with Crippen molar-refractivity contribution in [1.29, 1.82) is 0 Å². The highest BCUT2D eigenvalue weighted by atomic mass is 79.9. The van der Waals surface area contributed by atoms with E-state index in [-0.39, 0.29) is 21.9 Å². The van der Waals surface area contributed by atoms with Crippen molar-refractivity contribution in [2.24, 2.45) is 0 Å². The molecular weight excluding hydrogens is 323 g/mol. The van der Waals surface area contributed by atoms with E-state index in [1.807, 2.05) is 13.2 Å². The minimum atomic E-state index is -0.516. The molecule has 100 valence electrons. The molecule has 0 aromatic heterocycles. The molecule has 0 aliphatic rings. The fourth-order valence-corrected chi connectivity index (χ4v) is 2.54. The number of nitrogens with one attached hydrogen (secondary N) is 1. The summed E-state index contributed by atoms with van der Waals surface area (Å²) in [6.45, 7) is 1.98. The summed E-state index contributed by atoms with van der Waals surface area (Å²) < 4.78 is 13.5. The highest BCUT2D eigenvalue weighted by molar-refractivity contribution is 9.10. The van der Waals surface area contributed by atoms with Crippen LogP contribution in [-0.4, -0.2) is 23.0 Å². The number of halogens is 2. The van der Waals surface area contributed by atoms with Crippen LogP contribution >= 0.6 is 27.7 Å². The number of anilines is 1. The lowest BCUT2D eigenvalue weighted by molar-refractivity contribution is -0.384. The summed E-state index contributed by atoms with van der Waals surface area (Å²) in [6.07, 6.45) is 2.77. The van der Waals surface area contributed by atoms with Crippen molar-refractivity contribution >= 4 is 39.1 Å². The summed E-state index contributed by atoms with van der Waals surface area (Å²) >= 11 is 4.59. The van der Waals surface area contributed by atoms with Gasteiger partial charge in [0.05, 0.1) is 9.40 Å². The molecular formula is C11H14BrFN2O2S. The van der Waals surface area contributed by atoms with Gasteiger partial charge < -0.3 is 5.32 Å². The van der Waals surface area contributed by atoms with Gasteiger partial charge in [0.2, 0.25) is 0 Å². The third kappa shape index (κ3) is 3.84. The van der Waals surface area contributed by atoms with Crippen molar-refractivity contribution in [1.82, 2.24) is 0 Å². The van der Waals surface area contributed by atoms with E-state index in [4.69, 9.17) is 0 Å². The summed E-state index contributed by atoms with van der Waals surface area (Å²) in [7, 11) is 0. The summed E-state index contributed by atoms with van der Waals surface area (Å²) in [5, 5.41) is 14.0. The molecule has 0 saturated heterocycles. The van der Waals surface area contributed by atoms with Gasteiger partial charge in [-0.3, -0.25) is 10.1 Å². The predicted molar refractivity (Wildman–Crippen MR) is 76.8 cm³/mol. The van der Waals surface area contributed by atoms with Crippen LogP contribution in [0.5, 0.6) is 0 Å². The van der Waals surface area contributed by atoms with E-state index >= 15 is 0 Å². The van der Waals surface area contributed by atoms with E-state index in [1.165, 1.54) is 6.07 Å². The third-order valence-electron chi connectivity index (χ3n) is 2.46. The second-order valence-corrected chi connectivity index (χ2v) is 5.51. The molecule has 0 amide bonds. The minimum absolute atomic E-state index is 0.0827. The Balaban J connectivity index is 3.06. The van der Waals surface area contributed by atoms with Crippen LogP contribution in [-0.2, 0) is 0 Å². The Morgan fingerprint density at radius 3 is 2.78 bits per heavy atom. The zero-order chi connectivity index (χ0) is 13.7. The normalized spacial score (nSPS) is 12.2. The third-order valence-corrected chi connectivity index (χ3v) is 3.80. The minimum Gasteiger partial charge on any atom is -0.376 e. The van der Waals surface area contributed by atoms with Crippen LogP contribution in [0.15, 0.2) is 16.6 Å². The van der Waals surface area contributed by atoms with Crippen LogP contribution in [0.1, 0.15) is 13.3 Å². The Hall–Kier alpha value is -0.820. The molecule has 0 fully saturated rings. The Labute approximate surface area is 118 Å². The molecule has 18 heavy (non-hydrogen) atoms. The van der Waals surface area contributed by atoms with Gasteiger partial charge in [-0.25, -0.2) is 4.39 Å². The zero-order valence-corrected chi connectivity index (χ0v) is 12.5. The number of nitrogens with zero attached hydrogens (tertiary/aromatic N) is 1. The molecule has 0 bridgehead atoms. The van der Waals surface area contributed by atoms with Crippen LogP contribution in [0.4, 0.5) is 15.8 Å². The Kier molecular flexibility index (Phi) is 5.87. The van der Waals surface area contributed by atoms with E-state index < -0.39 is 10.7 Å². The molecule has 1 aromatic rings. The summed E-state index contributed by atoms with van der Waals surface area (Å²) in [5.41, 5.74) is 0.101. The van der Waals surface area contributed by atoms with Crippen LogP contribution < -0.4 is 5.32 Å². The van der Waals surface area contributed by atoms with Gasteiger partial charge >= 0.3 is 0 Å². The maximum atomic E-state index is 13.4. The van der Waals surface area contributed by atoms with E-state index in [9.17, 15) is 14.5 Å². The summed E-state index contributed by atoms with van der Waals surface area (Å²) in [4.78, 5) is 10.4. The number of rotatable bonds is 6. The van der Waals surface area contributed by atoms with Gasteiger partial charge in [-0.2, -0.15) is 11.8 Å². The second-order valence-electron chi connectivity index (χ2n) is 3.75. The van der Waals surface area contributed by atoms with E-state index in [1.54, 1.807) is 11.8 Å². The van der Waals surface area contributed by atoms with Gasteiger partial charge in [0.25, 0.3) is 5.69 Å². The molecule has 1 aromatic carbocycles. The lowest BCUT2D eigenvalue weighted by atomic mass is 10.2. The van der Waals surface area contributed by atoms with E-state index in [2.05, 4.69) is 21.2 Å². The highest BCUT2D eigenvalue weighted by Crippen LogP contribution is 2.31. The Bertz CT molecular complexity index is 445. The molecule has 1 rings (SSSR count). The highest BCUT2D eigenvalue weighted by Gasteiger charge is 2.19. The molecule has 4 nitrogen and oxygen atoms in total. The molecule has 1 atom stereocenters. The molecule has 0 spiro atoms. The lowest BCUT2D eigenvalue weighted by Crippen LogP contribution is -2.21. The van der Waals surface area contributed by atoms with E-state index in [0.717, 1.165) is 18.2 Å². The molecule has 0 aliphatic carbocycles. The monoisotopic (exact) mass is 336 g/mol. The fraction of sp³-hybridized carbons (Fsp3) is 0.455. The summed E-state index contributed by atoms with van der Waals surface area (Å²) in [5.74, 6) is 0.299. The summed E-state index contributed by atoms with van der Waals surface area (Å²) in [6, 6.07) is 2.42. The predicted octanol–water partition coefficient (Wildman–Crippen LogP) is 4.05. The number of hydrogen-bond donors (Lipinski definition) is 1. The first-order valence-electron chi connectivity index (χ1n) is 5.38. The topological polar surface area (TPSA) is 55.2 Å². The molecule has 0 saturated carbocycles. The smallest absolute Gasteiger partial charge is 0.293 e. The first kappa shape index (κ1) is 15.2. The van der Waals surface area contributed by atoms with Crippen molar-refractivity contribution in [3.63, 3.8) is 0 Å². The maximum absolute atomic E-state index is 13.4. The lowest BCUT2D eigenvalue weighted by Gasteiger charge is -2.17. The van der Waals surface area contributed by atoms with Crippen molar-refractivity contribution in [2.75, 3.05) is 17.3 Å². The van der Waals surface area contributed by atoms with Gasteiger partial charge in [-0.05, 0) is 28.6 Å². The van der Waals surface area contributed by atoms with Gasteiger partial charge in [0.15, 0.2) is 0 Å². The van der Waals surface area contributed by atoms with Crippen LogP contribution in [0.2, 0.25) is 0 Å². The first-order valence-corrected chi connectivity index (χ1v) is 7.57. The van der Waals surface area contributed by atoms with Gasteiger partial charge in [0.1, 0.15) is 11.5 Å². The number of thioether (sulfide) groups is 1. The molecule has 0 aliphatic heterocycles. The van der Waals surface area contributed by atoms with Gasteiger partial charge in [-0.15, -0.1) is 0 Å². The van der Waals surface area contributed by atoms with Crippen molar-refractivity contribution in [2.45, 2.75) is 19.4 Å². The van der Waals surface area contributed by atoms with Gasteiger partial charge in [0, 0.05) is 23.9 Å².